The summed E-state index contributed by atoms with van der Waals surface area (Å²) in [6.45, 7) is 9.55. The number of hydrogen-bond donors (Lipinski definition) is 2. The minimum Gasteiger partial charge on any atom is -0.490 e. The largest absolute Gasteiger partial charge is 0.490 e. The fourth-order valence-corrected chi connectivity index (χ4v) is 3.39. The van der Waals surface area contributed by atoms with Crippen molar-refractivity contribution in [3.8, 4) is 5.75 Å². The van der Waals surface area contributed by atoms with Crippen molar-refractivity contribution < 1.29 is 15.7 Å². The predicted molar refractivity (Wildman–Crippen MR) is 136 cm³/mol. The van der Waals surface area contributed by atoms with Gasteiger partial charge in [0.25, 0.3) is 0 Å². The first-order valence-corrected chi connectivity index (χ1v) is 12.1. The second-order valence-corrected chi connectivity index (χ2v) is 8.80. The summed E-state index contributed by atoms with van der Waals surface area (Å²) < 4.78 is 19.6. The van der Waals surface area contributed by atoms with E-state index in [1.165, 1.54) is 49.3 Å². The molecule has 0 heterocycles. The van der Waals surface area contributed by atoms with Crippen LogP contribution in [0.3, 0.4) is 0 Å². The van der Waals surface area contributed by atoms with Gasteiger partial charge in [-0.25, -0.2) is 4.39 Å². The van der Waals surface area contributed by atoms with Gasteiger partial charge in [0, 0.05) is 8.54 Å². The highest BCUT2D eigenvalue weighted by Gasteiger charge is 2.23. The monoisotopic (exact) mass is 447 g/mol. The Kier molecular flexibility index (Phi) is 13.9. The summed E-state index contributed by atoms with van der Waals surface area (Å²) in [5, 5.41) is 10.3. The maximum atomic E-state index is 14.0. The summed E-state index contributed by atoms with van der Waals surface area (Å²) in [5.74, 6) is 1.59. The van der Waals surface area contributed by atoms with Crippen LogP contribution in [0.4, 0.5) is 4.39 Å². The number of rotatable bonds is 10. The van der Waals surface area contributed by atoms with E-state index in [-0.39, 0.29) is 13.3 Å². The molecule has 182 valence electrons. The summed E-state index contributed by atoms with van der Waals surface area (Å²) in [4.78, 5) is 0. The first kappa shape index (κ1) is 28.1. The van der Waals surface area contributed by atoms with Gasteiger partial charge in [0.2, 0.25) is 0 Å². The van der Waals surface area contributed by atoms with Gasteiger partial charge >= 0.3 is 0 Å². The number of nitrogens with one attached hydrogen (secondary N) is 1. The molecule has 0 spiro atoms. The molecule has 0 bridgehead atoms. The van der Waals surface area contributed by atoms with Gasteiger partial charge in [-0.1, -0.05) is 77.3 Å². The molecule has 2 aromatic carbocycles. The number of benzene rings is 2. The molecule has 1 fully saturated rings. The van der Waals surface area contributed by atoms with E-state index in [1.807, 2.05) is 19.2 Å². The Morgan fingerprint density at radius 1 is 1.06 bits per heavy atom. The normalized spacial score (nSPS) is 13.5. The van der Waals surface area contributed by atoms with Crippen LogP contribution in [0.5, 0.6) is 5.75 Å². The van der Waals surface area contributed by atoms with E-state index >= 15 is 0 Å². The number of hydrogen-bond acceptors (Lipinski definition) is 3. The van der Waals surface area contributed by atoms with Gasteiger partial charge in [0.05, 0.1) is 12.6 Å². The van der Waals surface area contributed by atoms with Gasteiger partial charge in [-0.15, -0.1) is 0 Å². The minimum absolute atomic E-state index is 0. The molecule has 2 N–H and O–H groups in total. The van der Waals surface area contributed by atoms with E-state index in [9.17, 15) is 4.39 Å². The summed E-state index contributed by atoms with van der Waals surface area (Å²) >= 11 is 0. The fraction of sp³-hybridized carbons (Fsp3) is 0.571. The number of ether oxygens (including phenoxy) is 1. The van der Waals surface area contributed by atoms with Crippen molar-refractivity contribution in [2.24, 2.45) is 11.8 Å². The highest BCUT2D eigenvalue weighted by molar-refractivity contribution is 5.38. The predicted octanol–water partition coefficient (Wildman–Crippen LogP) is 7.17. The molecule has 0 aliphatic heterocycles. The van der Waals surface area contributed by atoms with Crippen LogP contribution in [0.2, 0.25) is 0 Å². The molecule has 0 amide bonds. The molecule has 0 saturated heterocycles. The fourth-order valence-electron chi connectivity index (χ4n) is 3.39. The highest BCUT2D eigenvalue weighted by atomic mass is 19.1. The lowest BCUT2D eigenvalue weighted by Gasteiger charge is -2.19. The second kappa shape index (κ2) is 15.8. The Balaban J connectivity index is 0.000000884. The quantitative estimate of drug-likeness (QED) is 0.405. The summed E-state index contributed by atoms with van der Waals surface area (Å²) in [7, 11) is 2.92. The zero-order valence-corrected chi connectivity index (χ0v) is 21.0. The Morgan fingerprint density at radius 3 is 2.16 bits per heavy atom. The van der Waals surface area contributed by atoms with Crippen LogP contribution in [0.15, 0.2) is 42.5 Å². The zero-order valence-electron chi connectivity index (χ0n) is 21.0. The molecule has 0 radical (unpaired) electrons. The molecule has 32 heavy (non-hydrogen) atoms. The van der Waals surface area contributed by atoms with Crippen LogP contribution in [0.25, 0.3) is 0 Å². The minimum atomic E-state index is -0.286. The molecule has 1 aliphatic rings. The summed E-state index contributed by atoms with van der Waals surface area (Å²) in [5.41, 5.74) is 3.50. The van der Waals surface area contributed by atoms with Crippen molar-refractivity contribution in [3.05, 3.63) is 65.0 Å². The average molecular weight is 448 g/mol. The smallest absolute Gasteiger partial charge is 0.165 e. The molecule has 1 saturated carbocycles. The average Bonchev–Trinajstić information content (AvgIpc) is 3.65. The van der Waals surface area contributed by atoms with E-state index in [4.69, 9.17) is 9.84 Å². The molecule has 0 aromatic heterocycles. The van der Waals surface area contributed by atoms with Crippen molar-refractivity contribution in [1.29, 1.82) is 0 Å². The third-order valence-corrected chi connectivity index (χ3v) is 5.61. The van der Waals surface area contributed by atoms with Gasteiger partial charge < -0.3 is 15.2 Å². The molecule has 4 heteroatoms. The van der Waals surface area contributed by atoms with Gasteiger partial charge in [0.1, 0.15) is 0 Å². The Morgan fingerprint density at radius 2 is 1.69 bits per heavy atom. The van der Waals surface area contributed by atoms with Crippen LogP contribution in [-0.2, 0) is 6.42 Å². The Labute approximate surface area is 196 Å². The van der Waals surface area contributed by atoms with E-state index in [0.717, 1.165) is 25.0 Å². The number of unbranched alkanes of at least 4 members (excludes halogenated alkanes) is 1. The van der Waals surface area contributed by atoms with Crippen LogP contribution in [-0.4, -0.2) is 25.9 Å². The number of halogens is 1. The van der Waals surface area contributed by atoms with E-state index in [2.05, 4.69) is 57.3 Å². The molecule has 1 atom stereocenters. The maximum absolute atomic E-state index is 14.0. The van der Waals surface area contributed by atoms with Crippen molar-refractivity contribution in [3.63, 3.8) is 0 Å². The highest BCUT2D eigenvalue weighted by Crippen LogP contribution is 2.32. The molecule has 3 rings (SSSR count). The molecular formula is C28H46FNO2. The summed E-state index contributed by atoms with van der Waals surface area (Å²) in [6.07, 6.45) is 7.57. The van der Waals surface area contributed by atoms with E-state index < -0.39 is 0 Å². The topological polar surface area (TPSA) is 41.5 Å². The summed E-state index contributed by atoms with van der Waals surface area (Å²) in [6, 6.07) is 13.7. The van der Waals surface area contributed by atoms with Gasteiger partial charge in [-0.2, -0.15) is 0 Å². The maximum Gasteiger partial charge on any atom is 0.165 e. The van der Waals surface area contributed by atoms with Crippen molar-refractivity contribution >= 4 is 0 Å². The molecule has 2 aromatic rings. The molecule has 0 unspecified atom stereocenters. The van der Waals surface area contributed by atoms with Gasteiger partial charge in [-0.3, -0.25) is 0 Å². The van der Waals surface area contributed by atoms with Gasteiger partial charge in [-0.05, 0) is 67.0 Å². The second-order valence-electron chi connectivity index (χ2n) is 8.80. The van der Waals surface area contributed by atoms with E-state index in [0.29, 0.717) is 18.3 Å². The van der Waals surface area contributed by atoms with Crippen LogP contribution < -0.4 is 10.1 Å². The lowest BCUT2D eigenvalue weighted by molar-refractivity contribution is 0.285. The zero-order chi connectivity index (χ0) is 23.9. The third-order valence-electron chi connectivity index (χ3n) is 5.61. The SMILES string of the molecule is CCCCC(C)C.CCc1ccc([C@@H](NC)c2ccc(F)c(OCC3CC3)c2)cc1.CO.[HH]. The molecule has 1 aliphatic carbocycles. The first-order valence-electron chi connectivity index (χ1n) is 12.1. The number of aliphatic hydroxyl groups is 1. The third kappa shape index (κ3) is 10.1. The number of aryl methyl sites for hydroxylation is 1. The molecule has 3 nitrogen and oxygen atoms in total. The van der Waals surface area contributed by atoms with Crippen molar-refractivity contribution in [2.45, 2.75) is 72.3 Å². The number of aliphatic hydroxyl groups excluding tert-OH is 1. The Bertz CT molecular complexity index is 748. The van der Waals surface area contributed by atoms with Crippen molar-refractivity contribution in [2.75, 3.05) is 20.8 Å². The standard InChI is InChI=1S/C20H24FNO.C7H16.CH4O.H2/c1-3-14-6-8-16(9-7-14)20(22-2)17-10-11-18(21)19(12-17)23-13-15-4-5-15;1-4-5-6-7(2)3;1-2;/h6-12,15,20,22H,3-5,13H2,1-2H3;7H,4-6H2,1-3H3;2H,1H3;1H/t20-;;;/m1.../s1. The lowest BCUT2D eigenvalue weighted by Crippen LogP contribution is -2.18. The van der Waals surface area contributed by atoms with Crippen LogP contribution in [0, 0.1) is 17.7 Å². The lowest BCUT2D eigenvalue weighted by atomic mass is 9.97. The van der Waals surface area contributed by atoms with Crippen LogP contribution in [0.1, 0.15) is 84.0 Å². The van der Waals surface area contributed by atoms with Gasteiger partial charge in [0.15, 0.2) is 11.6 Å². The van der Waals surface area contributed by atoms with Crippen LogP contribution >= 0.6 is 0 Å². The Hall–Kier alpha value is -1.91. The van der Waals surface area contributed by atoms with Crippen molar-refractivity contribution in [1.82, 2.24) is 5.32 Å². The van der Waals surface area contributed by atoms with E-state index in [1.54, 1.807) is 0 Å². The first-order chi connectivity index (χ1) is 15.5. The molecular weight excluding hydrogens is 401 g/mol.